The van der Waals surface area contributed by atoms with E-state index in [2.05, 4.69) is 11.1 Å². The smallest absolute Gasteiger partial charge is 0.410 e. The molecule has 1 atom stereocenters. The van der Waals surface area contributed by atoms with Crippen molar-refractivity contribution in [3.8, 4) is 17.7 Å². The number of ether oxygens (including phenoxy) is 3. The van der Waals surface area contributed by atoms with E-state index in [9.17, 15) is 14.9 Å². The highest BCUT2D eigenvalue weighted by atomic mass is 16.6. The van der Waals surface area contributed by atoms with E-state index in [4.69, 9.17) is 19.9 Å². The molecule has 10 heteroatoms. The molecule has 0 aliphatic carbocycles. The number of carbonyl (C=O) groups excluding carboxylic acids is 2. The molecule has 0 saturated carbocycles. The predicted octanol–water partition coefficient (Wildman–Crippen LogP) is 4.93. The second-order valence-electron chi connectivity index (χ2n) is 10.7. The molecule has 10 nitrogen and oxygen atoms in total. The van der Waals surface area contributed by atoms with Gasteiger partial charge in [-0.3, -0.25) is 4.79 Å². The van der Waals surface area contributed by atoms with Crippen LogP contribution in [0.1, 0.15) is 44.7 Å². The van der Waals surface area contributed by atoms with Crippen molar-refractivity contribution >= 4 is 23.4 Å². The number of primary amides is 1. The second kappa shape index (κ2) is 13.0. The molecular weight excluding hydrogens is 522 g/mol. The summed E-state index contributed by atoms with van der Waals surface area (Å²) < 4.78 is 17.5. The molecule has 0 bridgehead atoms. The van der Waals surface area contributed by atoms with E-state index in [1.807, 2.05) is 80.3 Å². The molecule has 2 aromatic carbocycles. The van der Waals surface area contributed by atoms with Gasteiger partial charge in [-0.15, -0.1) is 0 Å². The molecule has 1 aliphatic heterocycles. The molecule has 4 rings (SSSR count). The van der Waals surface area contributed by atoms with Crippen molar-refractivity contribution in [2.45, 2.75) is 51.9 Å². The summed E-state index contributed by atoms with van der Waals surface area (Å²) in [6, 6.07) is 21.1. The zero-order valence-electron chi connectivity index (χ0n) is 23.6. The maximum Gasteiger partial charge on any atom is 0.410 e. The van der Waals surface area contributed by atoms with E-state index >= 15 is 0 Å². The number of likely N-dealkylation sites (tertiary alicyclic amines) is 1. The number of nitrogens with zero attached hydrogens (tertiary/aromatic N) is 4. The maximum absolute atomic E-state index is 13.0. The average molecular weight is 558 g/mol. The number of amides is 2. The molecule has 2 N–H and O–H groups in total. The highest BCUT2D eigenvalue weighted by molar-refractivity contribution is 5.77. The molecule has 214 valence electrons. The van der Waals surface area contributed by atoms with Gasteiger partial charge in [-0.1, -0.05) is 42.5 Å². The van der Waals surface area contributed by atoms with Crippen LogP contribution in [0.2, 0.25) is 0 Å². The zero-order chi connectivity index (χ0) is 29.4. The summed E-state index contributed by atoms with van der Waals surface area (Å²) in [5.74, 6) is -0.0831. The summed E-state index contributed by atoms with van der Waals surface area (Å²) in [5, 5.41) is 10.2. The fourth-order valence-corrected chi connectivity index (χ4v) is 4.68. The zero-order valence-corrected chi connectivity index (χ0v) is 23.6. The molecule has 0 radical (unpaired) electrons. The number of carbonyl (C=O) groups is 2. The molecule has 2 amide bonds. The van der Waals surface area contributed by atoms with E-state index in [0.29, 0.717) is 36.8 Å². The molecule has 1 aliphatic rings. The average Bonchev–Trinajstić information content (AvgIpc) is 2.95. The number of anilines is 2. The van der Waals surface area contributed by atoms with E-state index in [-0.39, 0.29) is 17.5 Å². The Hall–Kier alpha value is -4.78. The first-order valence-corrected chi connectivity index (χ1v) is 13.5. The number of aromatic nitrogens is 1. The minimum absolute atomic E-state index is 0.00343. The predicted molar refractivity (Wildman–Crippen MR) is 154 cm³/mol. The number of benzene rings is 2. The van der Waals surface area contributed by atoms with Gasteiger partial charge in [0.05, 0.1) is 17.4 Å². The summed E-state index contributed by atoms with van der Waals surface area (Å²) in [4.78, 5) is 32.3. The number of nitriles is 1. The maximum atomic E-state index is 13.0. The lowest BCUT2D eigenvalue weighted by Crippen LogP contribution is -2.50. The lowest BCUT2D eigenvalue weighted by Gasteiger charge is -2.41. The van der Waals surface area contributed by atoms with Crippen LogP contribution in [0.4, 0.5) is 16.2 Å². The first-order valence-electron chi connectivity index (χ1n) is 13.5. The third-order valence-electron chi connectivity index (χ3n) is 6.39. The highest BCUT2D eigenvalue weighted by Crippen LogP contribution is 2.41. The van der Waals surface area contributed by atoms with Gasteiger partial charge >= 0.3 is 6.09 Å². The van der Waals surface area contributed by atoms with Gasteiger partial charge in [0.1, 0.15) is 29.6 Å². The summed E-state index contributed by atoms with van der Waals surface area (Å²) in [6.45, 7) is 6.34. The van der Waals surface area contributed by atoms with Gasteiger partial charge in [-0.05, 0) is 57.4 Å². The van der Waals surface area contributed by atoms with Gasteiger partial charge in [0, 0.05) is 19.3 Å². The number of hydrogen-bond donors (Lipinski definition) is 1. The normalized spacial score (nSPS) is 15.0. The van der Waals surface area contributed by atoms with Crippen LogP contribution in [0.3, 0.4) is 0 Å². The molecular formula is C31H35N5O5. The van der Waals surface area contributed by atoms with E-state index in [1.165, 1.54) is 6.20 Å². The van der Waals surface area contributed by atoms with Crippen molar-refractivity contribution < 1.29 is 23.8 Å². The number of pyridine rings is 1. The van der Waals surface area contributed by atoms with Gasteiger partial charge in [0.2, 0.25) is 5.88 Å². The van der Waals surface area contributed by atoms with Gasteiger partial charge < -0.3 is 29.7 Å². The molecule has 1 saturated heterocycles. The fraction of sp³-hybridized carbons (Fsp3) is 0.355. The molecule has 0 spiro atoms. The minimum atomic E-state index is -0.683. The number of piperidine rings is 1. The van der Waals surface area contributed by atoms with Crippen LogP contribution < -0.4 is 20.1 Å². The highest BCUT2D eigenvalue weighted by Gasteiger charge is 2.34. The van der Waals surface area contributed by atoms with Crippen molar-refractivity contribution in [2.24, 2.45) is 5.73 Å². The quantitative estimate of drug-likeness (QED) is 0.392. The largest absolute Gasteiger partial charge is 0.487 e. The molecule has 1 fully saturated rings. The van der Waals surface area contributed by atoms with Crippen LogP contribution in [-0.2, 0) is 16.1 Å². The Balaban J connectivity index is 1.76. The lowest BCUT2D eigenvalue weighted by atomic mass is 10.0. The topological polar surface area (TPSA) is 131 Å². The van der Waals surface area contributed by atoms with Crippen LogP contribution in [0.25, 0.3) is 0 Å². The molecule has 1 unspecified atom stereocenters. The van der Waals surface area contributed by atoms with Crippen LogP contribution in [0, 0.1) is 11.3 Å². The second-order valence-corrected chi connectivity index (χ2v) is 10.7. The van der Waals surface area contributed by atoms with E-state index < -0.39 is 24.2 Å². The van der Waals surface area contributed by atoms with Crippen LogP contribution in [0.15, 0.2) is 66.9 Å². The van der Waals surface area contributed by atoms with Crippen LogP contribution in [0.5, 0.6) is 11.6 Å². The minimum Gasteiger partial charge on any atom is -0.487 e. The lowest BCUT2D eigenvalue weighted by molar-refractivity contribution is -0.120. The Morgan fingerprint density at radius 3 is 2.51 bits per heavy atom. The van der Waals surface area contributed by atoms with E-state index in [0.717, 1.165) is 18.4 Å². The van der Waals surface area contributed by atoms with Gasteiger partial charge in [-0.25, -0.2) is 9.78 Å². The summed E-state index contributed by atoms with van der Waals surface area (Å²) in [7, 11) is 0. The number of hydrogen-bond acceptors (Lipinski definition) is 8. The Kier molecular flexibility index (Phi) is 9.30. The monoisotopic (exact) mass is 557 g/mol. The van der Waals surface area contributed by atoms with Gasteiger partial charge in [-0.2, -0.15) is 5.26 Å². The first-order chi connectivity index (χ1) is 19.7. The number of para-hydroxylation sites is 2. The van der Waals surface area contributed by atoms with Crippen LogP contribution >= 0.6 is 0 Å². The van der Waals surface area contributed by atoms with Crippen LogP contribution in [-0.4, -0.2) is 53.2 Å². The standard InChI is InChI=1S/C31H35N5O5/c1-31(2,3)41-30(38)35-17-9-12-23(19-35)36(25-15-16-34-29(24(25)18-32)40-21-28(33)37)26-13-7-8-14-27(26)39-20-22-10-5-4-6-11-22/h4-8,10-11,13-16,23H,9,12,17,19-21H2,1-3H3,(H2,33,37). The third kappa shape index (κ3) is 7.66. The molecule has 3 aromatic rings. The summed E-state index contributed by atoms with van der Waals surface area (Å²) in [6.07, 6.45) is 2.58. The van der Waals surface area contributed by atoms with Crippen molar-refractivity contribution in [3.05, 3.63) is 78.0 Å². The van der Waals surface area contributed by atoms with Gasteiger partial charge in [0.25, 0.3) is 5.91 Å². The van der Waals surface area contributed by atoms with Crippen molar-refractivity contribution in [1.29, 1.82) is 5.26 Å². The molecule has 41 heavy (non-hydrogen) atoms. The Bertz CT molecular complexity index is 1400. The Morgan fingerprint density at radius 1 is 1.07 bits per heavy atom. The Labute approximate surface area is 240 Å². The molecule has 2 heterocycles. The number of nitrogens with two attached hydrogens (primary N) is 1. The SMILES string of the molecule is CC(C)(C)OC(=O)N1CCCC(N(c2ccccc2OCc2ccccc2)c2ccnc(OCC(N)=O)c2C#N)C1. The number of rotatable bonds is 9. The van der Waals surface area contributed by atoms with Crippen molar-refractivity contribution in [1.82, 2.24) is 9.88 Å². The van der Waals surface area contributed by atoms with Crippen molar-refractivity contribution in [3.63, 3.8) is 0 Å². The third-order valence-corrected chi connectivity index (χ3v) is 6.39. The summed E-state index contributed by atoms with van der Waals surface area (Å²) in [5.41, 5.74) is 7.01. The van der Waals surface area contributed by atoms with Gasteiger partial charge in [0.15, 0.2) is 6.61 Å². The van der Waals surface area contributed by atoms with Crippen molar-refractivity contribution in [2.75, 3.05) is 24.6 Å². The molecule has 1 aromatic heterocycles. The summed E-state index contributed by atoms with van der Waals surface area (Å²) >= 11 is 0. The van der Waals surface area contributed by atoms with E-state index in [1.54, 1.807) is 11.0 Å². The first kappa shape index (κ1) is 29.2. The Morgan fingerprint density at radius 2 is 1.80 bits per heavy atom. The fourth-order valence-electron chi connectivity index (χ4n) is 4.68.